The smallest absolute Gasteiger partial charge is 0.134 e. The highest BCUT2D eigenvalue weighted by Crippen LogP contribution is 2.30. The van der Waals surface area contributed by atoms with E-state index >= 15 is 0 Å². The summed E-state index contributed by atoms with van der Waals surface area (Å²) in [7, 11) is 3.89. The van der Waals surface area contributed by atoms with E-state index in [9.17, 15) is 0 Å². The van der Waals surface area contributed by atoms with E-state index in [1.807, 2.05) is 24.3 Å². The van der Waals surface area contributed by atoms with Crippen LogP contribution in [0.4, 0.5) is 0 Å². The number of benzene rings is 2. The fraction of sp³-hybridized carbons (Fsp3) is 0.455. The molecule has 0 atom stereocenters. The summed E-state index contributed by atoms with van der Waals surface area (Å²) < 4.78 is 12.4. The van der Waals surface area contributed by atoms with E-state index in [2.05, 4.69) is 44.9 Å². The zero-order valence-corrected chi connectivity index (χ0v) is 18.9. The van der Waals surface area contributed by atoms with Gasteiger partial charge in [0.05, 0.1) is 11.6 Å². The molecule has 4 nitrogen and oxygen atoms in total. The molecular weight excluding hydrogens is 440 g/mol. The van der Waals surface area contributed by atoms with Crippen molar-refractivity contribution in [2.45, 2.75) is 19.4 Å². The van der Waals surface area contributed by atoms with Crippen LogP contribution < -0.4 is 9.47 Å². The normalized spacial score (nSPS) is 15.6. The van der Waals surface area contributed by atoms with Crippen molar-refractivity contribution in [2.75, 3.05) is 46.9 Å². The lowest BCUT2D eigenvalue weighted by Crippen LogP contribution is -2.44. The van der Waals surface area contributed by atoms with Gasteiger partial charge in [0.2, 0.25) is 0 Å². The van der Waals surface area contributed by atoms with Crippen LogP contribution in [0.1, 0.15) is 17.5 Å². The van der Waals surface area contributed by atoms with E-state index in [4.69, 9.17) is 21.1 Å². The standard InChI is InChI=1S/C22H28BrClN2O2/c1-25-10-12-26(13-11-25)9-3-4-17-5-7-21(27-2)18(14-17)16-28-22-8-6-19(24)15-20(22)23/h5-8,14-15H,3-4,9-13,16H2,1-2H3. The molecule has 2 aromatic carbocycles. The van der Waals surface area contributed by atoms with Gasteiger partial charge in [-0.2, -0.15) is 0 Å². The maximum absolute atomic E-state index is 6.00. The molecule has 0 bridgehead atoms. The van der Waals surface area contributed by atoms with Gasteiger partial charge in [-0.3, -0.25) is 0 Å². The van der Waals surface area contributed by atoms with Gasteiger partial charge in [-0.25, -0.2) is 0 Å². The first-order valence-corrected chi connectivity index (χ1v) is 10.9. The lowest BCUT2D eigenvalue weighted by molar-refractivity contribution is 0.153. The molecule has 1 saturated heterocycles. The molecule has 0 amide bonds. The molecule has 0 N–H and O–H groups in total. The number of methoxy groups -OCH3 is 1. The molecule has 6 heteroatoms. The maximum Gasteiger partial charge on any atom is 0.134 e. The van der Waals surface area contributed by atoms with Crippen molar-refractivity contribution in [1.29, 1.82) is 0 Å². The van der Waals surface area contributed by atoms with Crippen LogP contribution in [0.3, 0.4) is 0 Å². The second-order valence-electron chi connectivity index (χ2n) is 7.26. The van der Waals surface area contributed by atoms with Gasteiger partial charge in [-0.15, -0.1) is 0 Å². The summed E-state index contributed by atoms with van der Waals surface area (Å²) in [5.74, 6) is 1.62. The van der Waals surface area contributed by atoms with Gasteiger partial charge in [0, 0.05) is 36.8 Å². The summed E-state index contributed by atoms with van der Waals surface area (Å²) in [6, 6.07) is 11.9. The lowest BCUT2D eigenvalue weighted by atomic mass is 10.1. The predicted octanol–water partition coefficient (Wildman–Crippen LogP) is 4.87. The van der Waals surface area contributed by atoms with Crippen LogP contribution in [0.15, 0.2) is 40.9 Å². The summed E-state index contributed by atoms with van der Waals surface area (Å²) in [5.41, 5.74) is 2.38. The fourth-order valence-corrected chi connectivity index (χ4v) is 4.22. The number of nitrogens with zero attached hydrogens (tertiary/aromatic N) is 2. The Morgan fingerprint density at radius 2 is 1.79 bits per heavy atom. The van der Waals surface area contributed by atoms with E-state index in [-0.39, 0.29) is 0 Å². The van der Waals surface area contributed by atoms with Crippen LogP contribution in [0, 0.1) is 0 Å². The van der Waals surface area contributed by atoms with E-state index in [0.29, 0.717) is 11.6 Å². The Morgan fingerprint density at radius 3 is 2.50 bits per heavy atom. The first-order valence-electron chi connectivity index (χ1n) is 9.69. The number of ether oxygens (including phenoxy) is 2. The third kappa shape index (κ3) is 6.11. The highest BCUT2D eigenvalue weighted by atomic mass is 79.9. The minimum absolute atomic E-state index is 0.454. The van der Waals surface area contributed by atoms with Gasteiger partial charge in [-0.1, -0.05) is 17.7 Å². The minimum Gasteiger partial charge on any atom is -0.496 e. The first kappa shape index (κ1) is 21.4. The Kier molecular flexibility index (Phi) is 8.03. The highest BCUT2D eigenvalue weighted by molar-refractivity contribution is 9.10. The number of likely N-dealkylation sites (N-methyl/N-ethyl adjacent to an activating group) is 1. The van der Waals surface area contributed by atoms with E-state index < -0.39 is 0 Å². The second-order valence-corrected chi connectivity index (χ2v) is 8.55. The molecule has 0 spiro atoms. The van der Waals surface area contributed by atoms with E-state index in [0.717, 1.165) is 34.5 Å². The molecule has 0 aromatic heterocycles. The van der Waals surface area contributed by atoms with Gasteiger partial charge in [0.1, 0.15) is 18.1 Å². The average Bonchev–Trinajstić information content (AvgIpc) is 2.69. The molecule has 3 rings (SSSR count). The predicted molar refractivity (Wildman–Crippen MR) is 119 cm³/mol. The molecule has 1 aliphatic heterocycles. The molecule has 1 fully saturated rings. The van der Waals surface area contributed by atoms with Gasteiger partial charge in [0.15, 0.2) is 0 Å². The van der Waals surface area contributed by atoms with E-state index in [1.165, 1.54) is 38.2 Å². The largest absolute Gasteiger partial charge is 0.496 e. The number of piperazine rings is 1. The van der Waals surface area contributed by atoms with Crippen molar-refractivity contribution in [3.63, 3.8) is 0 Å². The number of hydrogen-bond donors (Lipinski definition) is 0. The Balaban J connectivity index is 1.56. The summed E-state index contributed by atoms with van der Waals surface area (Å²) in [5, 5.41) is 0.680. The molecular formula is C22H28BrClN2O2. The van der Waals surface area contributed by atoms with E-state index in [1.54, 1.807) is 7.11 Å². The van der Waals surface area contributed by atoms with Crippen LogP contribution in [0.5, 0.6) is 11.5 Å². The third-order valence-corrected chi connectivity index (χ3v) is 6.01. The van der Waals surface area contributed by atoms with Crippen LogP contribution in [-0.2, 0) is 13.0 Å². The summed E-state index contributed by atoms with van der Waals surface area (Å²) >= 11 is 9.50. The van der Waals surface area contributed by atoms with Crippen molar-refractivity contribution in [1.82, 2.24) is 9.80 Å². The molecule has 1 heterocycles. The summed E-state index contributed by atoms with van der Waals surface area (Å²) in [4.78, 5) is 4.96. The maximum atomic E-state index is 6.00. The molecule has 0 saturated carbocycles. The Hall–Kier alpha value is -1.27. The van der Waals surface area contributed by atoms with Crippen molar-refractivity contribution >= 4 is 27.5 Å². The summed E-state index contributed by atoms with van der Waals surface area (Å²) in [6.07, 6.45) is 2.23. The van der Waals surface area contributed by atoms with Crippen LogP contribution in [-0.4, -0.2) is 56.7 Å². The second kappa shape index (κ2) is 10.5. The molecule has 0 aliphatic carbocycles. The van der Waals surface area contributed by atoms with Crippen molar-refractivity contribution in [3.8, 4) is 11.5 Å². The zero-order valence-electron chi connectivity index (χ0n) is 16.6. The quantitative estimate of drug-likeness (QED) is 0.553. The number of rotatable bonds is 8. The molecule has 1 aliphatic rings. The Labute approximate surface area is 181 Å². The first-order chi connectivity index (χ1) is 13.5. The van der Waals surface area contributed by atoms with Gasteiger partial charge < -0.3 is 19.3 Å². The van der Waals surface area contributed by atoms with Crippen LogP contribution in [0.2, 0.25) is 5.02 Å². The Bertz CT molecular complexity index is 779. The minimum atomic E-state index is 0.454. The topological polar surface area (TPSA) is 24.9 Å². The lowest BCUT2D eigenvalue weighted by Gasteiger charge is -2.32. The number of aryl methyl sites for hydroxylation is 1. The van der Waals surface area contributed by atoms with Crippen molar-refractivity contribution in [3.05, 3.63) is 57.0 Å². The van der Waals surface area contributed by atoms with Gasteiger partial charge in [-0.05, 0) is 78.3 Å². The van der Waals surface area contributed by atoms with Crippen molar-refractivity contribution in [2.24, 2.45) is 0 Å². The molecule has 28 heavy (non-hydrogen) atoms. The zero-order chi connectivity index (χ0) is 19.9. The molecule has 0 unspecified atom stereocenters. The fourth-order valence-electron chi connectivity index (χ4n) is 3.43. The SMILES string of the molecule is COc1ccc(CCCN2CCN(C)CC2)cc1COc1ccc(Cl)cc1Br. The van der Waals surface area contributed by atoms with Crippen LogP contribution >= 0.6 is 27.5 Å². The Morgan fingerprint density at radius 1 is 1.04 bits per heavy atom. The highest BCUT2D eigenvalue weighted by Gasteiger charge is 2.13. The third-order valence-electron chi connectivity index (χ3n) is 5.16. The van der Waals surface area contributed by atoms with Gasteiger partial charge in [0.25, 0.3) is 0 Å². The monoisotopic (exact) mass is 466 g/mol. The summed E-state index contributed by atoms with van der Waals surface area (Å²) in [6.45, 7) is 6.30. The molecule has 152 valence electrons. The van der Waals surface area contributed by atoms with Gasteiger partial charge >= 0.3 is 0 Å². The number of halogens is 2. The molecule has 2 aromatic rings. The van der Waals surface area contributed by atoms with Crippen molar-refractivity contribution < 1.29 is 9.47 Å². The average molecular weight is 468 g/mol. The number of hydrogen-bond acceptors (Lipinski definition) is 4. The van der Waals surface area contributed by atoms with Crippen LogP contribution in [0.25, 0.3) is 0 Å². The molecule has 0 radical (unpaired) electrons.